The molecule has 0 saturated carbocycles. The molecule has 1 atom stereocenters. The Morgan fingerprint density at radius 2 is 2.00 bits per heavy atom. The van der Waals surface area contributed by atoms with Crippen LogP contribution in [-0.4, -0.2) is 50.1 Å². The Balaban J connectivity index is 2.06. The van der Waals surface area contributed by atoms with Crippen LogP contribution < -0.4 is 15.4 Å². The first kappa shape index (κ1) is 14.6. The molecule has 0 bridgehead atoms. The Kier molecular flexibility index (Phi) is 4.44. The van der Waals surface area contributed by atoms with Gasteiger partial charge in [-0.15, -0.1) is 0 Å². The van der Waals surface area contributed by atoms with Crippen molar-refractivity contribution in [2.24, 2.45) is 5.73 Å². The van der Waals surface area contributed by atoms with Crippen LogP contribution in [0.2, 0.25) is 0 Å². The van der Waals surface area contributed by atoms with E-state index in [0.29, 0.717) is 31.9 Å². The van der Waals surface area contributed by atoms with Gasteiger partial charge < -0.3 is 20.3 Å². The van der Waals surface area contributed by atoms with E-state index in [1.165, 1.54) is 19.2 Å². The Bertz CT molecular complexity index is 485. The predicted molar refractivity (Wildman–Crippen MR) is 75.4 cm³/mol. The van der Waals surface area contributed by atoms with Crippen LogP contribution in [0.1, 0.15) is 6.92 Å². The van der Waals surface area contributed by atoms with E-state index < -0.39 is 6.04 Å². The first-order valence-corrected chi connectivity index (χ1v) is 6.65. The second kappa shape index (κ2) is 6.09. The van der Waals surface area contributed by atoms with Crippen LogP contribution in [0.5, 0.6) is 5.75 Å². The van der Waals surface area contributed by atoms with Crippen molar-refractivity contribution >= 4 is 11.6 Å². The number of methoxy groups -OCH3 is 1. The van der Waals surface area contributed by atoms with Gasteiger partial charge in [-0.1, -0.05) is 0 Å². The molecular weight excluding hydrogens is 261 g/mol. The van der Waals surface area contributed by atoms with Crippen LogP contribution in [0.3, 0.4) is 0 Å². The van der Waals surface area contributed by atoms with Gasteiger partial charge >= 0.3 is 0 Å². The maximum atomic E-state index is 13.2. The third kappa shape index (κ3) is 3.01. The number of benzene rings is 1. The molecule has 0 aromatic heterocycles. The molecule has 0 radical (unpaired) electrons. The zero-order valence-electron chi connectivity index (χ0n) is 11.8. The third-order valence-electron chi connectivity index (χ3n) is 3.46. The summed E-state index contributed by atoms with van der Waals surface area (Å²) in [6.45, 7) is 4.28. The van der Waals surface area contributed by atoms with E-state index >= 15 is 0 Å². The molecule has 1 aromatic carbocycles. The van der Waals surface area contributed by atoms with Crippen LogP contribution in [0.25, 0.3) is 0 Å². The monoisotopic (exact) mass is 281 g/mol. The predicted octanol–water partition coefficient (Wildman–Crippen LogP) is 0.830. The lowest BCUT2D eigenvalue weighted by Crippen LogP contribution is -2.52. The first-order valence-electron chi connectivity index (χ1n) is 6.65. The molecule has 1 aromatic rings. The van der Waals surface area contributed by atoms with Gasteiger partial charge in [-0.2, -0.15) is 0 Å². The number of anilines is 1. The summed E-state index contributed by atoms with van der Waals surface area (Å²) in [4.78, 5) is 15.7. The number of rotatable bonds is 3. The summed E-state index contributed by atoms with van der Waals surface area (Å²) < 4.78 is 18.4. The highest BCUT2D eigenvalue weighted by molar-refractivity contribution is 5.81. The lowest BCUT2D eigenvalue weighted by atomic mass is 10.2. The maximum Gasteiger partial charge on any atom is 0.239 e. The normalized spacial score (nSPS) is 17.0. The molecule has 2 rings (SSSR count). The molecule has 5 nitrogen and oxygen atoms in total. The zero-order valence-corrected chi connectivity index (χ0v) is 11.8. The van der Waals surface area contributed by atoms with Crippen LogP contribution in [0.4, 0.5) is 10.1 Å². The number of hydrogen-bond donors (Lipinski definition) is 1. The number of piperazine rings is 1. The molecule has 1 saturated heterocycles. The van der Waals surface area contributed by atoms with E-state index in [9.17, 15) is 9.18 Å². The second-order valence-electron chi connectivity index (χ2n) is 4.92. The van der Waals surface area contributed by atoms with Crippen molar-refractivity contribution in [2.75, 3.05) is 38.2 Å². The number of nitrogens with zero attached hydrogens (tertiary/aromatic N) is 2. The summed E-state index contributed by atoms with van der Waals surface area (Å²) >= 11 is 0. The Hall–Kier alpha value is -1.82. The van der Waals surface area contributed by atoms with Gasteiger partial charge in [-0.3, -0.25) is 4.79 Å². The minimum absolute atomic E-state index is 0.0317. The Labute approximate surface area is 118 Å². The SMILES string of the molecule is COc1cc(F)ccc1N1CCN(C(=O)[C@@H](C)N)CC1. The molecule has 0 aliphatic carbocycles. The molecule has 110 valence electrons. The summed E-state index contributed by atoms with van der Waals surface area (Å²) in [5.41, 5.74) is 6.46. The molecule has 1 heterocycles. The quantitative estimate of drug-likeness (QED) is 0.891. The molecule has 1 amide bonds. The fourth-order valence-electron chi connectivity index (χ4n) is 2.37. The van der Waals surface area contributed by atoms with E-state index in [4.69, 9.17) is 10.5 Å². The van der Waals surface area contributed by atoms with E-state index in [-0.39, 0.29) is 11.7 Å². The fourth-order valence-corrected chi connectivity index (χ4v) is 2.37. The summed E-state index contributed by atoms with van der Waals surface area (Å²) in [5.74, 6) is 0.157. The lowest BCUT2D eigenvalue weighted by molar-refractivity contribution is -0.132. The third-order valence-corrected chi connectivity index (χ3v) is 3.46. The molecule has 1 fully saturated rings. The highest BCUT2D eigenvalue weighted by Crippen LogP contribution is 2.29. The second-order valence-corrected chi connectivity index (χ2v) is 4.92. The van der Waals surface area contributed by atoms with Crippen molar-refractivity contribution < 1.29 is 13.9 Å². The van der Waals surface area contributed by atoms with Crippen molar-refractivity contribution in [3.05, 3.63) is 24.0 Å². The summed E-state index contributed by atoms with van der Waals surface area (Å²) in [6, 6.07) is 4.02. The number of amides is 1. The van der Waals surface area contributed by atoms with E-state index in [1.807, 2.05) is 0 Å². The van der Waals surface area contributed by atoms with Crippen molar-refractivity contribution in [1.29, 1.82) is 0 Å². The van der Waals surface area contributed by atoms with Gasteiger partial charge in [0.25, 0.3) is 0 Å². The van der Waals surface area contributed by atoms with E-state index in [1.54, 1.807) is 17.9 Å². The van der Waals surface area contributed by atoms with Gasteiger partial charge in [0.2, 0.25) is 5.91 Å². The van der Waals surface area contributed by atoms with Gasteiger partial charge in [0.05, 0.1) is 18.8 Å². The average molecular weight is 281 g/mol. The van der Waals surface area contributed by atoms with Crippen molar-refractivity contribution in [2.45, 2.75) is 13.0 Å². The van der Waals surface area contributed by atoms with Gasteiger partial charge in [0.15, 0.2) is 0 Å². The Morgan fingerprint density at radius 3 is 2.55 bits per heavy atom. The summed E-state index contributed by atoms with van der Waals surface area (Å²) in [6.07, 6.45) is 0. The van der Waals surface area contributed by atoms with Gasteiger partial charge in [0.1, 0.15) is 11.6 Å². The molecule has 1 aliphatic rings. The van der Waals surface area contributed by atoms with Crippen molar-refractivity contribution in [3.8, 4) is 5.75 Å². The number of carbonyl (C=O) groups excluding carboxylic acids is 1. The Morgan fingerprint density at radius 1 is 1.35 bits per heavy atom. The van der Waals surface area contributed by atoms with Gasteiger partial charge in [0, 0.05) is 32.2 Å². The molecular formula is C14H20FN3O2. The molecule has 2 N–H and O–H groups in total. The fraction of sp³-hybridized carbons (Fsp3) is 0.500. The standard InChI is InChI=1S/C14H20FN3O2/c1-10(16)14(19)18-7-5-17(6-8-18)12-4-3-11(15)9-13(12)20-2/h3-4,9-10H,5-8,16H2,1-2H3/t10-/m1/s1. The van der Waals surface area contributed by atoms with Crippen LogP contribution >= 0.6 is 0 Å². The molecule has 20 heavy (non-hydrogen) atoms. The molecule has 1 aliphatic heterocycles. The van der Waals surface area contributed by atoms with Crippen molar-refractivity contribution in [1.82, 2.24) is 4.90 Å². The number of nitrogens with two attached hydrogens (primary N) is 1. The van der Waals surface area contributed by atoms with Gasteiger partial charge in [-0.05, 0) is 19.1 Å². The van der Waals surface area contributed by atoms with E-state index in [0.717, 1.165) is 5.69 Å². The number of carbonyl (C=O) groups is 1. The average Bonchev–Trinajstić information content (AvgIpc) is 2.46. The number of hydrogen-bond acceptors (Lipinski definition) is 4. The highest BCUT2D eigenvalue weighted by atomic mass is 19.1. The minimum Gasteiger partial charge on any atom is -0.494 e. The van der Waals surface area contributed by atoms with Crippen LogP contribution in [-0.2, 0) is 4.79 Å². The minimum atomic E-state index is -0.470. The zero-order chi connectivity index (χ0) is 14.7. The topological polar surface area (TPSA) is 58.8 Å². The molecule has 0 unspecified atom stereocenters. The van der Waals surface area contributed by atoms with E-state index in [2.05, 4.69) is 4.90 Å². The smallest absolute Gasteiger partial charge is 0.239 e. The van der Waals surface area contributed by atoms with Crippen LogP contribution in [0, 0.1) is 5.82 Å². The van der Waals surface area contributed by atoms with Crippen LogP contribution in [0.15, 0.2) is 18.2 Å². The van der Waals surface area contributed by atoms with Gasteiger partial charge in [-0.25, -0.2) is 4.39 Å². The summed E-state index contributed by atoms with van der Waals surface area (Å²) in [7, 11) is 1.52. The van der Waals surface area contributed by atoms with Crippen molar-refractivity contribution in [3.63, 3.8) is 0 Å². The highest BCUT2D eigenvalue weighted by Gasteiger charge is 2.24. The number of ether oxygens (including phenoxy) is 1. The number of halogens is 1. The summed E-state index contributed by atoms with van der Waals surface area (Å²) in [5, 5.41) is 0. The maximum absolute atomic E-state index is 13.2. The lowest BCUT2D eigenvalue weighted by Gasteiger charge is -2.37. The molecule has 6 heteroatoms. The largest absolute Gasteiger partial charge is 0.494 e. The molecule has 0 spiro atoms. The first-order chi connectivity index (χ1) is 9.52.